The van der Waals surface area contributed by atoms with Gasteiger partial charge in [-0.1, -0.05) is 38.5 Å². The lowest BCUT2D eigenvalue weighted by atomic mass is 9.75. The molecule has 1 aliphatic rings. The van der Waals surface area contributed by atoms with Crippen LogP contribution in [-0.4, -0.2) is 19.2 Å². The quantitative estimate of drug-likeness (QED) is 0.703. The first-order valence-corrected chi connectivity index (χ1v) is 8.74. The van der Waals surface area contributed by atoms with E-state index < -0.39 is 0 Å². The van der Waals surface area contributed by atoms with E-state index in [1.807, 2.05) is 30.3 Å². The van der Waals surface area contributed by atoms with Gasteiger partial charge in [0, 0.05) is 6.04 Å². The van der Waals surface area contributed by atoms with E-state index in [1.165, 1.54) is 32.1 Å². The molecule has 0 aliphatic heterocycles. The van der Waals surface area contributed by atoms with E-state index >= 15 is 0 Å². The fourth-order valence-electron chi connectivity index (χ4n) is 3.63. The summed E-state index contributed by atoms with van der Waals surface area (Å²) in [7, 11) is 0. The highest BCUT2D eigenvalue weighted by Crippen LogP contribution is 2.34. The summed E-state index contributed by atoms with van der Waals surface area (Å²) in [6.07, 6.45) is 7.97. The molecular formula is C19H31NO. The van der Waals surface area contributed by atoms with Crippen molar-refractivity contribution in [3.63, 3.8) is 0 Å². The fraction of sp³-hybridized carbons (Fsp3) is 0.684. The molecule has 21 heavy (non-hydrogen) atoms. The Morgan fingerprint density at radius 1 is 1.14 bits per heavy atom. The predicted molar refractivity (Wildman–Crippen MR) is 89.8 cm³/mol. The van der Waals surface area contributed by atoms with Gasteiger partial charge < -0.3 is 10.1 Å². The van der Waals surface area contributed by atoms with Gasteiger partial charge in [0.2, 0.25) is 0 Å². The van der Waals surface area contributed by atoms with Crippen molar-refractivity contribution in [2.45, 2.75) is 58.4 Å². The van der Waals surface area contributed by atoms with Gasteiger partial charge >= 0.3 is 0 Å². The smallest absolute Gasteiger partial charge is 0.119 e. The molecule has 1 saturated carbocycles. The molecule has 118 valence electrons. The van der Waals surface area contributed by atoms with Gasteiger partial charge in [-0.2, -0.15) is 0 Å². The van der Waals surface area contributed by atoms with E-state index in [-0.39, 0.29) is 0 Å². The van der Waals surface area contributed by atoms with Gasteiger partial charge in [0.25, 0.3) is 0 Å². The van der Waals surface area contributed by atoms with Gasteiger partial charge in [-0.25, -0.2) is 0 Å². The molecule has 0 radical (unpaired) electrons. The number of hydrogen-bond donors (Lipinski definition) is 1. The van der Waals surface area contributed by atoms with Crippen LogP contribution in [0.25, 0.3) is 0 Å². The lowest BCUT2D eigenvalue weighted by Crippen LogP contribution is -2.40. The third kappa shape index (κ3) is 5.35. The van der Waals surface area contributed by atoms with Crippen LogP contribution in [0.2, 0.25) is 0 Å². The second kappa shape index (κ2) is 9.09. The number of ether oxygens (including phenoxy) is 1. The predicted octanol–water partition coefficient (Wildman–Crippen LogP) is 4.65. The van der Waals surface area contributed by atoms with Crippen LogP contribution in [0, 0.1) is 11.8 Å². The average molecular weight is 289 g/mol. The van der Waals surface area contributed by atoms with Crippen LogP contribution in [0.5, 0.6) is 5.75 Å². The summed E-state index contributed by atoms with van der Waals surface area (Å²) in [5.41, 5.74) is 0. The number of hydrogen-bond acceptors (Lipinski definition) is 2. The molecule has 0 heterocycles. The summed E-state index contributed by atoms with van der Waals surface area (Å²) < 4.78 is 5.83. The van der Waals surface area contributed by atoms with Crippen molar-refractivity contribution in [3.8, 4) is 5.75 Å². The summed E-state index contributed by atoms with van der Waals surface area (Å²) in [6, 6.07) is 10.9. The molecule has 1 aliphatic carbocycles. The minimum Gasteiger partial charge on any atom is -0.494 e. The Morgan fingerprint density at radius 3 is 2.67 bits per heavy atom. The zero-order valence-electron chi connectivity index (χ0n) is 13.7. The lowest BCUT2D eigenvalue weighted by Gasteiger charge is -2.36. The van der Waals surface area contributed by atoms with Crippen molar-refractivity contribution in [1.82, 2.24) is 5.32 Å². The van der Waals surface area contributed by atoms with Gasteiger partial charge in [-0.05, 0) is 62.6 Å². The highest BCUT2D eigenvalue weighted by Gasteiger charge is 2.28. The standard InChI is InChI=1S/C19H31NO/c1-3-16-12-13-19(20-4-2)17(15-16)9-8-14-21-18-10-6-5-7-11-18/h5-7,10-11,16-17,19-20H,3-4,8-9,12-15H2,1-2H3. The molecule has 3 unspecified atom stereocenters. The zero-order chi connectivity index (χ0) is 14.9. The van der Waals surface area contributed by atoms with E-state index in [4.69, 9.17) is 4.74 Å². The molecule has 2 rings (SSSR count). The molecule has 0 aromatic heterocycles. The van der Waals surface area contributed by atoms with E-state index in [1.54, 1.807) is 0 Å². The average Bonchev–Trinajstić information content (AvgIpc) is 2.54. The van der Waals surface area contributed by atoms with Crippen molar-refractivity contribution in [1.29, 1.82) is 0 Å². The molecule has 2 heteroatoms. The Bertz CT molecular complexity index is 378. The normalized spacial score (nSPS) is 25.7. The first-order valence-electron chi connectivity index (χ1n) is 8.74. The zero-order valence-corrected chi connectivity index (χ0v) is 13.7. The van der Waals surface area contributed by atoms with Crippen molar-refractivity contribution >= 4 is 0 Å². The third-order valence-corrected chi connectivity index (χ3v) is 4.87. The molecule has 0 saturated heterocycles. The summed E-state index contributed by atoms with van der Waals surface area (Å²) in [4.78, 5) is 0. The maximum Gasteiger partial charge on any atom is 0.119 e. The van der Waals surface area contributed by atoms with Crippen LogP contribution in [-0.2, 0) is 0 Å². The molecule has 0 amide bonds. The van der Waals surface area contributed by atoms with Crippen LogP contribution in [0.3, 0.4) is 0 Å². The maximum atomic E-state index is 5.83. The van der Waals surface area contributed by atoms with Crippen molar-refractivity contribution < 1.29 is 4.74 Å². The van der Waals surface area contributed by atoms with Crippen LogP contribution in [0.4, 0.5) is 0 Å². The van der Waals surface area contributed by atoms with Crippen molar-refractivity contribution in [3.05, 3.63) is 30.3 Å². The molecule has 3 atom stereocenters. The Morgan fingerprint density at radius 2 is 1.95 bits per heavy atom. The molecule has 0 bridgehead atoms. The fourth-order valence-corrected chi connectivity index (χ4v) is 3.63. The lowest BCUT2D eigenvalue weighted by molar-refractivity contribution is 0.179. The van der Waals surface area contributed by atoms with Crippen molar-refractivity contribution in [2.24, 2.45) is 11.8 Å². The number of rotatable bonds is 8. The van der Waals surface area contributed by atoms with Gasteiger partial charge in [-0.3, -0.25) is 0 Å². The largest absolute Gasteiger partial charge is 0.494 e. The summed E-state index contributed by atoms with van der Waals surface area (Å²) in [5, 5.41) is 3.70. The molecule has 1 aromatic rings. The Labute approximate surface area is 130 Å². The van der Waals surface area contributed by atoms with Crippen LogP contribution < -0.4 is 10.1 Å². The van der Waals surface area contributed by atoms with Crippen LogP contribution in [0.15, 0.2) is 30.3 Å². The van der Waals surface area contributed by atoms with Gasteiger partial charge in [0.05, 0.1) is 6.61 Å². The summed E-state index contributed by atoms with van der Waals surface area (Å²) in [6.45, 7) is 6.50. The Kier molecular flexibility index (Phi) is 7.08. The van der Waals surface area contributed by atoms with Crippen LogP contribution >= 0.6 is 0 Å². The van der Waals surface area contributed by atoms with Gasteiger partial charge in [-0.15, -0.1) is 0 Å². The topological polar surface area (TPSA) is 21.3 Å². The maximum absolute atomic E-state index is 5.83. The summed E-state index contributed by atoms with van der Waals surface area (Å²) >= 11 is 0. The third-order valence-electron chi connectivity index (χ3n) is 4.87. The second-order valence-corrected chi connectivity index (χ2v) is 6.32. The molecular weight excluding hydrogens is 258 g/mol. The molecule has 1 aromatic carbocycles. The molecule has 0 spiro atoms. The minimum absolute atomic E-state index is 0.731. The Hall–Kier alpha value is -1.02. The van der Waals surface area contributed by atoms with E-state index in [9.17, 15) is 0 Å². The van der Waals surface area contributed by atoms with Crippen LogP contribution in [0.1, 0.15) is 52.4 Å². The van der Waals surface area contributed by atoms with Gasteiger partial charge in [0.15, 0.2) is 0 Å². The molecule has 1 fully saturated rings. The van der Waals surface area contributed by atoms with E-state index in [0.29, 0.717) is 0 Å². The first kappa shape index (κ1) is 16.4. The first-order chi connectivity index (χ1) is 10.3. The monoisotopic (exact) mass is 289 g/mol. The summed E-state index contributed by atoms with van der Waals surface area (Å²) in [5.74, 6) is 2.78. The number of nitrogens with one attached hydrogen (secondary N) is 1. The van der Waals surface area contributed by atoms with Crippen molar-refractivity contribution in [2.75, 3.05) is 13.2 Å². The Balaban J connectivity index is 1.73. The number of para-hydroxylation sites is 1. The molecule has 2 nitrogen and oxygen atoms in total. The van der Waals surface area contributed by atoms with E-state index in [2.05, 4.69) is 19.2 Å². The minimum atomic E-state index is 0.731. The number of benzene rings is 1. The van der Waals surface area contributed by atoms with E-state index in [0.717, 1.165) is 43.2 Å². The van der Waals surface area contributed by atoms with Gasteiger partial charge in [0.1, 0.15) is 5.75 Å². The second-order valence-electron chi connectivity index (χ2n) is 6.32. The molecule has 1 N–H and O–H groups in total. The highest BCUT2D eigenvalue weighted by atomic mass is 16.5. The SMILES string of the molecule is CCNC1CCC(CC)CC1CCCOc1ccccc1. The highest BCUT2D eigenvalue weighted by molar-refractivity contribution is 5.20.